The number of hydrogen-bond acceptors (Lipinski definition) is 6. The molecule has 8 bridgehead atoms. The summed E-state index contributed by atoms with van der Waals surface area (Å²) in [6.45, 7) is 12.5. The zero-order valence-electron chi connectivity index (χ0n) is 38.6. The predicted octanol–water partition coefficient (Wildman–Crippen LogP) is 12.7. The van der Waals surface area contributed by atoms with E-state index in [1.807, 2.05) is 68.4 Å². The zero-order valence-corrected chi connectivity index (χ0v) is 42.5. The molecule has 64 heavy (non-hydrogen) atoms. The van der Waals surface area contributed by atoms with E-state index in [9.17, 15) is 9.59 Å². The smallest absolute Gasteiger partial charge is 0 e. The number of carbonyl (C=O) groups excluding carboxylic acids is 2. The second-order valence-electron chi connectivity index (χ2n) is 20.1. The van der Waals surface area contributed by atoms with Gasteiger partial charge in [-0.1, -0.05) is 82.3 Å². The average molecular weight is 1030 g/mol. The second kappa shape index (κ2) is 19.9. The van der Waals surface area contributed by atoms with Gasteiger partial charge in [-0.3, -0.25) is 0 Å². The van der Waals surface area contributed by atoms with Crippen molar-refractivity contribution in [1.29, 1.82) is 0 Å². The first-order valence-electron chi connectivity index (χ1n) is 24.0. The molecular formula is C55H70Cl2O6Te. The molecule has 0 aromatic heterocycles. The number of rotatable bonds is 12. The molecule has 8 aliphatic carbocycles. The molecular weight excluding hydrogens is 955 g/mol. The molecule has 0 heterocycles. The Morgan fingerprint density at radius 3 is 1.23 bits per heavy atom. The molecule has 9 heteroatoms. The van der Waals surface area contributed by atoms with Crippen LogP contribution in [0.5, 0.6) is 11.5 Å². The van der Waals surface area contributed by atoms with Crippen LogP contribution >= 0.6 is 17.9 Å². The molecule has 0 radical (unpaired) electrons. The molecule has 4 aromatic rings. The van der Waals surface area contributed by atoms with Crippen molar-refractivity contribution in [1.82, 2.24) is 0 Å². The number of hydrogen-bond donors (Lipinski definition) is 0. The second-order valence-corrected chi connectivity index (χ2v) is 32.7. The van der Waals surface area contributed by atoms with Crippen LogP contribution < -0.4 is 16.7 Å². The van der Waals surface area contributed by atoms with E-state index in [1.54, 1.807) is 0 Å². The Morgan fingerprint density at radius 1 is 0.547 bits per heavy atom. The van der Waals surface area contributed by atoms with Gasteiger partial charge < -0.3 is 0 Å². The van der Waals surface area contributed by atoms with Crippen LogP contribution in [-0.2, 0) is 19.1 Å². The standard InChI is InChI=1S/C38H46Cl2O6Te.C15H16.C2H6.H2/c1-37(27-13-23-11-24(15-27)16-28(37)14-23)45-35(41)21-43-31-3-7-33(8-4-31)47(39,40)34-9-5-32(6-10-34)44-22-36(42)46-38(2)29-17-25-12-26(19-29)20-30(38)18-25;1-12(2)13-8-10-15(11-9-13)14-6-4-3-5-7-14;1-2;/h3-10,23-30H,11-22H2,1-2H3;3-12H,1-2H3;1-2H3;1H. The zero-order chi connectivity index (χ0) is 45.2. The maximum absolute atomic E-state index is 12.9. The van der Waals surface area contributed by atoms with Crippen molar-refractivity contribution in [3.8, 4) is 22.6 Å². The molecule has 4 aromatic carbocycles. The van der Waals surface area contributed by atoms with E-state index >= 15 is 0 Å². The first kappa shape index (κ1) is 47.3. The third-order valence-electron chi connectivity index (χ3n) is 15.8. The van der Waals surface area contributed by atoms with Crippen molar-refractivity contribution in [2.75, 3.05) is 13.2 Å². The van der Waals surface area contributed by atoms with Crippen LogP contribution in [0.4, 0.5) is 0 Å². The first-order chi connectivity index (χ1) is 30.7. The van der Waals surface area contributed by atoms with Crippen LogP contribution in [0, 0.1) is 47.3 Å². The molecule has 8 fully saturated rings. The van der Waals surface area contributed by atoms with E-state index < -0.39 is 15.9 Å². The molecule has 346 valence electrons. The Morgan fingerprint density at radius 2 is 0.891 bits per heavy atom. The molecule has 0 N–H and O–H groups in total. The van der Waals surface area contributed by atoms with Crippen molar-refractivity contribution in [2.45, 2.75) is 123 Å². The SMILES string of the molecule is CC.CC(C)c1ccc(-c2ccccc2)cc1.CC1(OC(=O)COc2ccc([Te](Cl)(Cl)c3ccc(OCC(=O)OC4(C)C5CC6CC(C5)CC4C6)cc3)cc2)C2CC3CC(C2)CC1C3.[HH]. The fourth-order valence-electron chi connectivity index (χ4n) is 12.6. The fraction of sp³-hybridized carbons (Fsp3) is 0.527. The Hall–Kier alpha value is -3.21. The van der Waals surface area contributed by atoms with Crippen molar-refractivity contribution in [3.63, 3.8) is 0 Å². The Bertz CT molecular complexity index is 2030. The number of ether oxygens (including phenoxy) is 4. The van der Waals surface area contributed by atoms with E-state index in [4.69, 9.17) is 36.9 Å². The fourth-order valence-corrected chi connectivity index (χ4v) is 18.9. The van der Waals surface area contributed by atoms with Gasteiger partial charge in [-0.15, -0.1) is 0 Å². The van der Waals surface area contributed by atoms with Crippen LogP contribution in [0.1, 0.15) is 119 Å². The van der Waals surface area contributed by atoms with Gasteiger partial charge in [0.1, 0.15) is 0 Å². The van der Waals surface area contributed by atoms with E-state index in [0.717, 1.165) is 30.9 Å². The van der Waals surface area contributed by atoms with Gasteiger partial charge in [-0.05, 0) is 35.4 Å². The molecule has 8 aliphatic rings. The predicted molar refractivity (Wildman–Crippen MR) is 263 cm³/mol. The summed E-state index contributed by atoms with van der Waals surface area (Å²) < 4.78 is 25.6. The van der Waals surface area contributed by atoms with Gasteiger partial charge in [0.05, 0.1) is 0 Å². The van der Waals surface area contributed by atoms with Gasteiger partial charge in [0.25, 0.3) is 0 Å². The maximum Gasteiger partial charge on any atom is 0 e. The minimum absolute atomic E-state index is 0. The number of halogens is 2. The van der Waals surface area contributed by atoms with Crippen molar-refractivity contribution in [3.05, 3.63) is 109 Å². The van der Waals surface area contributed by atoms with E-state index in [1.165, 1.54) is 80.9 Å². The van der Waals surface area contributed by atoms with Gasteiger partial charge in [-0.2, -0.15) is 0 Å². The van der Waals surface area contributed by atoms with E-state index in [0.29, 0.717) is 41.1 Å². The van der Waals surface area contributed by atoms with Crippen LogP contribution in [0.25, 0.3) is 11.1 Å². The normalized spacial score (nSPS) is 30.6. The van der Waals surface area contributed by atoms with Gasteiger partial charge in [0, 0.05) is 1.43 Å². The molecule has 0 unspecified atom stereocenters. The Labute approximate surface area is 395 Å². The summed E-state index contributed by atoms with van der Waals surface area (Å²) in [6.07, 6.45) is 12.2. The number of carbonyl (C=O) groups is 2. The minimum atomic E-state index is -3.69. The molecule has 12 rings (SSSR count). The van der Waals surface area contributed by atoms with Crippen LogP contribution in [0.2, 0.25) is 0 Å². The summed E-state index contributed by atoms with van der Waals surface area (Å²) in [6, 6.07) is 34.1. The number of esters is 2. The third-order valence-corrected chi connectivity index (χ3v) is 25.5. The van der Waals surface area contributed by atoms with Gasteiger partial charge in [0.15, 0.2) is 0 Å². The molecule has 8 saturated carbocycles. The van der Waals surface area contributed by atoms with Crippen LogP contribution in [-0.4, -0.2) is 52.3 Å². The summed E-state index contributed by atoms with van der Waals surface area (Å²) in [4.78, 5) is 25.8. The van der Waals surface area contributed by atoms with E-state index in [2.05, 4.69) is 76.2 Å². The van der Waals surface area contributed by atoms with Crippen molar-refractivity contribution >= 4 is 53.0 Å². The average Bonchev–Trinajstić information content (AvgIpc) is 3.30. The molecule has 0 amide bonds. The molecule has 0 saturated heterocycles. The number of benzene rings is 4. The quantitative estimate of drug-likeness (QED) is 0.104. The maximum atomic E-state index is 12.9. The summed E-state index contributed by atoms with van der Waals surface area (Å²) in [5.41, 5.74) is 3.25. The summed E-state index contributed by atoms with van der Waals surface area (Å²) >= 11 is -3.69. The van der Waals surface area contributed by atoms with Gasteiger partial charge in [0.2, 0.25) is 0 Å². The van der Waals surface area contributed by atoms with Crippen LogP contribution in [0.3, 0.4) is 0 Å². The molecule has 0 aliphatic heterocycles. The molecule has 6 nitrogen and oxygen atoms in total. The van der Waals surface area contributed by atoms with E-state index in [-0.39, 0.29) is 37.8 Å². The van der Waals surface area contributed by atoms with Crippen LogP contribution in [0.15, 0.2) is 103 Å². The van der Waals surface area contributed by atoms with Gasteiger partial charge in [-0.25, -0.2) is 0 Å². The Kier molecular flexibility index (Phi) is 14.7. The first-order valence-corrected chi connectivity index (χ1v) is 32.3. The topological polar surface area (TPSA) is 71.1 Å². The van der Waals surface area contributed by atoms with Crippen molar-refractivity contribution < 1.29 is 30.0 Å². The summed E-state index contributed by atoms with van der Waals surface area (Å²) in [5.74, 6) is 6.35. The van der Waals surface area contributed by atoms with Gasteiger partial charge >= 0.3 is 279 Å². The largest absolute Gasteiger partial charge is 0 e. The van der Waals surface area contributed by atoms with Crippen molar-refractivity contribution in [2.24, 2.45) is 47.3 Å². The molecule has 0 spiro atoms. The summed E-state index contributed by atoms with van der Waals surface area (Å²) in [5, 5.41) is 0. The monoisotopic (exact) mass is 1030 g/mol. The Balaban J connectivity index is 0.000000296. The minimum Gasteiger partial charge on any atom is 0 e. The third kappa shape index (κ3) is 10.2. The summed E-state index contributed by atoms with van der Waals surface area (Å²) in [7, 11) is 14.1. The molecule has 0 atom stereocenters.